The summed E-state index contributed by atoms with van der Waals surface area (Å²) >= 11 is 0. The summed E-state index contributed by atoms with van der Waals surface area (Å²) < 4.78 is 0. The molecular formula is C15H14N2. The zero-order chi connectivity index (χ0) is 11.8. The van der Waals surface area contributed by atoms with Crippen LogP contribution in [0.2, 0.25) is 0 Å². The predicted molar refractivity (Wildman–Crippen MR) is 75.4 cm³/mol. The lowest BCUT2D eigenvalue weighted by molar-refractivity contribution is 1.48. The van der Waals surface area contributed by atoms with E-state index >= 15 is 0 Å². The number of aromatic nitrogens is 1. The molecule has 0 spiro atoms. The van der Waals surface area contributed by atoms with E-state index in [1.165, 1.54) is 21.7 Å². The SMILES string of the molecule is C=Cc1ccc2ccc3cc[nH]c3c2c1NC. The molecule has 0 aliphatic rings. The zero-order valence-corrected chi connectivity index (χ0v) is 9.75. The van der Waals surface area contributed by atoms with Gasteiger partial charge in [0.2, 0.25) is 0 Å². The minimum atomic E-state index is 1.13. The van der Waals surface area contributed by atoms with E-state index in [0.717, 1.165) is 11.3 Å². The third kappa shape index (κ3) is 1.34. The van der Waals surface area contributed by atoms with Crippen molar-refractivity contribution in [3.63, 3.8) is 0 Å². The number of anilines is 1. The molecule has 2 nitrogen and oxygen atoms in total. The van der Waals surface area contributed by atoms with Gasteiger partial charge in [0.15, 0.2) is 0 Å². The number of rotatable bonds is 2. The first-order valence-corrected chi connectivity index (χ1v) is 5.68. The fourth-order valence-electron chi connectivity index (χ4n) is 2.40. The molecule has 17 heavy (non-hydrogen) atoms. The van der Waals surface area contributed by atoms with Gasteiger partial charge < -0.3 is 10.3 Å². The lowest BCUT2D eigenvalue weighted by atomic mass is 10.0. The van der Waals surface area contributed by atoms with Crippen LogP contribution >= 0.6 is 0 Å². The second-order valence-electron chi connectivity index (χ2n) is 4.09. The second-order valence-corrected chi connectivity index (χ2v) is 4.09. The number of benzene rings is 2. The standard InChI is InChI=1S/C15H14N2/c1-3-10-4-5-11-6-7-12-8-9-17-15(12)13(11)14(10)16-2/h3-9,16-17H,1H2,2H3. The monoisotopic (exact) mass is 222 g/mol. The van der Waals surface area contributed by atoms with Gasteiger partial charge in [-0.15, -0.1) is 0 Å². The Hall–Kier alpha value is -2.22. The quantitative estimate of drug-likeness (QED) is 0.673. The van der Waals surface area contributed by atoms with E-state index in [0.29, 0.717) is 0 Å². The molecule has 0 atom stereocenters. The smallest absolute Gasteiger partial charge is 0.0554 e. The molecule has 3 aromatic rings. The zero-order valence-electron chi connectivity index (χ0n) is 9.75. The van der Waals surface area contributed by atoms with Gasteiger partial charge >= 0.3 is 0 Å². The minimum Gasteiger partial charge on any atom is -0.387 e. The number of hydrogen-bond donors (Lipinski definition) is 2. The van der Waals surface area contributed by atoms with Crippen LogP contribution in [0.5, 0.6) is 0 Å². The van der Waals surface area contributed by atoms with Gasteiger partial charge in [-0.3, -0.25) is 0 Å². The molecular weight excluding hydrogens is 208 g/mol. The number of fused-ring (bicyclic) bond motifs is 3. The van der Waals surface area contributed by atoms with Crippen LogP contribution in [0.15, 0.2) is 43.1 Å². The lowest BCUT2D eigenvalue weighted by Gasteiger charge is -2.11. The maximum Gasteiger partial charge on any atom is 0.0554 e. The minimum absolute atomic E-state index is 1.13. The molecule has 2 N–H and O–H groups in total. The Balaban J connectivity index is 2.57. The highest BCUT2D eigenvalue weighted by molar-refractivity contribution is 6.13. The molecule has 2 aromatic carbocycles. The third-order valence-electron chi connectivity index (χ3n) is 3.21. The van der Waals surface area contributed by atoms with Gasteiger partial charge in [-0.25, -0.2) is 0 Å². The van der Waals surface area contributed by atoms with E-state index in [1.54, 1.807) is 0 Å². The molecule has 1 heterocycles. The van der Waals surface area contributed by atoms with Crippen LogP contribution in [0.25, 0.3) is 27.8 Å². The van der Waals surface area contributed by atoms with Crippen molar-refractivity contribution in [1.29, 1.82) is 0 Å². The van der Waals surface area contributed by atoms with Crippen molar-refractivity contribution in [2.45, 2.75) is 0 Å². The topological polar surface area (TPSA) is 27.8 Å². The number of H-pyrrole nitrogens is 1. The van der Waals surface area contributed by atoms with Gasteiger partial charge in [0.05, 0.1) is 11.2 Å². The van der Waals surface area contributed by atoms with Crippen molar-refractivity contribution < 1.29 is 0 Å². The molecule has 0 fully saturated rings. The van der Waals surface area contributed by atoms with Crippen molar-refractivity contribution >= 4 is 33.4 Å². The Kier molecular flexibility index (Phi) is 2.15. The molecule has 0 radical (unpaired) electrons. The second kappa shape index (κ2) is 3.67. The van der Waals surface area contributed by atoms with Crippen molar-refractivity contribution in [2.24, 2.45) is 0 Å². The molecule has 0 aliphatic heterocycles. The Morgan fingerprint density at radius 2 is 1.88 bits per heavy atom. The summed E-state index contributed by atoms with van der Waals surface area (Å²) in [5.74, 6) is 0. The average Bonchev–Trinajstić information content (AvgIpc) is 2.85. The van der Waals surface area contributed by atoms with E-state index in [4.69, 9.17) is 0 Å². The normalized spacial score (nSPS) is 10.9. The van der Waals surface area contributed by atoms with E-state index in [1.807, 2.05) is 19.3 Å². The maximum absolute atomic E-state index is 3.86. The molecule has 0 bridgehead atoms. The van der Waals surface area contributed by atoms with Crippen LogP contribution in [-0.2, 0) is 0 Å². The summed E-state index contributed by atoms with van der Waals surface area (Å²) in [6.45, 7) is 3.86. The molecule has 0 saturated heterocycles. The Labute approximate surface area is 100.0 Å². The maximum atomic E-state index is 3.86. The Morgan fingerprint density at radius 1 is 1.12 bits per heavy atom. The summed E-state index contributed by atoms with van der Waals surface area (Å²) in [4.78, 5) is 3.31. The summed E-state index contributed by atoms with van der Waals surface area (Å²) in [5.41, 5.74) is 3.43. The van der Waals surface area contributed by atoms with E-state index in [9.17, 15) is 0 Å². The Bertz CT molecular complexity index is 707. The molecule has 0 saturated carbocycles. The average molecular weight is 222 g/mol. The van der Waals surface area contributed by atoms with Crippen LogP contribution in [0, 0.1) is 0 Å². The van der Waals surface area contributed by atoms with Crippen molar-refractivity contribution in [3.05, 3.63) is 48.7 Å². The number of nitrogens with one attached hydrogen (secondary N) is 2. The van der Waals surface area contributed by atoms with Crippen molar-refractivity contribution in [1.82, 2.24) is 4.98 Å². The third-order valence-corrected chi connectivity index (χ3v) is 3.21. The van der Waals surface area contributed by atoms with Gasteiger partial charge in [-0.2, -0.15) is 0 Å². The highest BCUT2D eigenvalue weighted by atomic mass is 14.8. The first-order valence-electron chi connectivity index (χ1n) is 5.68. The number of aromatic amines is 1. The molecule has 0 amide bonds. The molecule has 2 heteroatoms. The first kappa shape index (κ1) is 9.97. The van der Waals surface area contributed by atoms with E-state index < -0.39 is 0 Å². The molecule has 1 aromatic heterocycles. The van der Waals surface area contributed by atoms with Crippen LogP contribution in [0.4, 0.5) is 5.69 Å². The van der Waals surface area contributed by atoms with Crippen LogP contribution in [0.1, 0.15) is 5.56 Å². The van der Waals surface area contributed by atoms with Gasteiger partial charge in [-0.05, 0) is 17.0 Å². The fourth-order valence-corrected chi connectivity index (χ4v) is 2.40. The van der Waals surface area contributed by atoms with E-state index in [-0.39, 0.29) is 0 Å². The number of hydrogen-bond acceptors (Lipinski definition) is 1. The van der Waals surface area contributed by atoms with Crippen molar-refractivity contribution in [2.75, 3.05) is 12.4 Å². The van der Waals surface area contributed by atoms with Crippen LogP contribution in [-0.4, -0.2) is 12.0 Å². The van der Waals surface area contributed by atoms with Gasteiger partial charge in [-0.1, -0.05) is 36.9 Å². The molecule has 84 valence electrons. The highest BCUT2D eigenvalue weighted by Crippen LogP contribution is 2.33. The molecule has 3 rings (SSSR count). The Morgan fingerprint density at radius 3 is 2.65 bits per heavy atom. The lowest BCUT2D eigenvalue weighted by Crippen LogP contribution is -1.93. The predicted octanol–water partition coefficient (Wildman–Crippen LogP) is 4.01. The molecule has 0 aliphatic carbocycles. The fraction of sp³-hybridized carbons (Fsp3) is 0.0667. The van der Waals surface area contributed by atoms with Gasteiger partial charge in [0.25, 0.3) is 0 Å². The summed E-state index contributed by atoms with van der Waals surface area (Å²) in [6.07, 6.45) is 3.86. The summed E-state index contributed by atoms with van der Waals surface area (Å²) in [7, 11) is 1.95. The first-order chi connectivity index (χ1) is 8.35. The largest absolute Gasteiger partial charge is 0.387 e. The summed E-state index contributed by atoms with van der Waals surface area (Å²) in [6, 6.07) is 10.6. The van der Waals surface area contributed by atoms with Crippen LogP contribution in [0.3, 0.4) is 0 Å². The van der Waals surface area contributed by atoms with Gasteiger partial charge in [0.1, 0.15) is 0 Å². The summed E-state index contributed by atoms with van der Waals surface area (Å²) in [5, 5.41) is 6.97. The van der Waals surface area contributed by atoms with Crippen LogP contribution < -0.4 is 5.32 Å². The van der Waals surface area contributed by atoms with Gasteiger partial charge in [0, 0.05) is 24.0 Å². The highest BCUT2D eigenvalue weighted by Gasteiger charge is 2.08. The van der Waals surface area contributed by atoms with E-state index in [2.05, 4.69) is 47.2 Å². The van der Waals surface area contributed by atoms with Crippen molar-refractivity contribution in [3.8, 4) is 0 Å². The molecule has 0 unspecified atom stereocenters.